The second kappa shape index (κ2) is 3.92. The molecule has 0 atom stereocenters. The highest BCUT2D eigenvalue weighted by Crippen LogP contribution is 2.20. The molecule has 0 bridgehead atoms. The zero-order valence-electron chi connectivity index (χ0n) is 7.94. The van der Waals surface area contributed by atoms with E-state index in [1.165, 1.54) is 23.1 Å². The van der Waals surface area contributed by atoms with E-state index in [0.29, 0.717) is 0 Å². The second-order valence-electron chi connectivity index (χ2n) is 3.04. The van der Waals surface area contributed by atoms with Gasteiger partial charge in [0.25, 0.3) is 0 Å². The highest BCUT2D eigenvalue weighted by atomic mass is 19.4. The SMILES string of the molecule is FC(F)(F)Cc1cc(-n2c[c]cn2)ncn1. The lowest BCUT2D eigenvalue weighted by Crippen LogP contribution is -2.13. The van der Waals surface area contributed by atoms with Gasteiger partial charge in [-0.15, -0.1) is 0 Å². The second-order valence-corrected chi connectivity index (χ2v) is 3.04. The summed E-state index contributed by atoms with van der Waals surface area (Å²) in [5.41, 5.74) is -0.0898. The van der Waals surface area contributed by atoms with Crippen molar-refractivity contribution in [2.75, 3.05) is 0 Å². The molecule has 4 nitrogen and oxygen atoms in total. The summed E-state index contributed by atoms with van der Waals surface area (Å²) >= 11 is 0. The Morgan fingerprint density at radius 3 is 2.75 bits per heavy atom. The third-order valence-corrected chi connectivity index (χ3v) is 1.78. The Morgan fingerprint density at radius 2 is 2.12 bits per heavy atom. The summed E-state index contributed by atoms with van der Waals surface area (Å²) in [5, 5.41) is 3.81. The monoisotopic (exact) mass is 227 g/mol. The van der Waals surface area contributed by atoms with Gasteiger partial charge in [-0.2, -0.15) is 18.3 Å². The molecule has 2 aromatic heterocycles. The summed E-state index contributed by atoms with van der Waals surface area (Å²) in [6.45, 7) is 0. The Kier molecular flexibility index (Phi) is 2.59. The molecule has 0 aromatic carbocycles. The van der Waals surface area contributed by atoms with Crippen LogP contribution in [0.15, 0.2) is 24.8 Å². The molecule has 0 amide bonds. The highest BCUT2D eigenvalue weighted by Gasteiger charge is 2.28. The van der Waals surface area contributed by atoms with E-state index in [-0.39, 0.29) is 11.5 Å². The van der Waals surface area contributed by atoms with Gasteiger partial charge in [0.2, 0.25) is 0 Å². The molecular formula is C9H6F3N4. The van der Waals surface area contributed by atoms with E-state index in [0.717, 1.165) is 6.33 Å². The fourth-order valence-corrected chi connectivity index (χ4v) is 1.17. The van der Waals surface area contributed by atoms with Gasteiger partial charge in [-0.05, 0) is 0 Å². The van der Waals surface area contributed by atoms with E-state index >= 15 is 0 Å². The van der Waals surface area contributed by atoms with Crippen LogP contribution in [0.25, 0.3) is 5.82 Å². The van der Waals surface area contributed by atoms with E-state index in [1.807, 2.05) is 0 Å². The summed E-state index contributed by atoms with van der Waals surface area (Å²) in [5.74, 6) is 0.288. The molecule has 0 saturated carbocycles. The largest absolute Gasteiger partial charge is 0.394 e. The van der Waals surface area contributed by atoms with Crippen LogP contribution in [0.4, 0.5) is 13.2 Å². The number of nitrogens with zero attached hydrogens (tertiary/aromatic N) is 4. The minimum Gasteiger partial charge on any atom is -0.241 e. The third-order valence-electron chi connectivity index (χ3n) is 1.78. The molecule has 0 saturated heterocycles. The fourth-order valence-electron chi connectivity index (χ4n) is 1.17. The van der Waals surface area contributed by atoms with Crippen molar-refractivity contribution in [3.8, 4) is 5.82 Å². The Hall–Kier alpha value is -1.92. The van der Waals surface area contributed by atoms with Crippen molar-refractivity contribution >= 4 is 0 Å². The highest BCUT2D eigenvalue weighted by molar-refractivity contribution is 5.22. The van der Waals surface area contributed by atoms with Gasteiger partial charge in [-0.25, -0.2) is 14.6 Å². The first kappa shape index (κ1) is 10.6. The number of rotatable bonds is 2. The summed E-state index contributed by atoms with van der Waals surface area (Å²) in [7, 11) is 0. The molecule has 0 spiro atoms. The lowest BCUT2D eigenvalue weighted by Gasteiger charge is -2.06. The Bertz CT molecular complexity index is 464. The fraction of sp³-hybridized carbons (Fsp3) is 0.222. The molecule has 0 unspecified atom stereocenters. The zero-order chi connectivity index (χ0) is 11.6. The van der Waals surface area contributed by atoms with Gasteiger partial charge >= 0.3 is 6.18 Å². The van der Waals surface area contributed by atoms with Crippen LogP contribution < -0.4 is 0 Å². The quantitative estimate of drug-likeness (QED) is 0.782. The van der Waals surface area contributed by atoms with Crippen LogP contribution in [0.5, 0.6) is 0 Å². The van der Waals surface area contributed by atoms with Gasteiger partial charge in [0.1, 0.15) is 6.33 Å². The van der Waals surface area contributed by atoms with Gasteiger partial charge in [0.15, 0.2) is 5.82 Å². The molecule has 0 fully saturated rings. The van der Waals surface area contributed by atoms with E-state index in [1.54, 1.807) is 0 Å². The van der Waals surface area contributed by atoms with Crippen molar-refractivity contribution in [2.24, 2.45) is 0 Å². The average molecular weight is 227 g/mol. The van der Waals surface area contributed by atoms with Crippen molar-refractivity contribution in [3.63, 3.8) is 0 Å². The molecule has 2 heterocycles. The van der Waals surface area contributed by atoms with Gasteiger partial charge in [0, 0.05) is 18.3 Å². The molecule has 2 aromatic rings. The minimum absolute atomic E-state index is 0.0898. The maximum Gasteiger partial charge on any atom is 0.394 e. The van der Waals surface area contributed by atoms with Gasteiger partial charge in [0.05, 0.1) is 18.3 Å². The van der Waals surface area contributed by atoms with E-state index < -0.39 is 12.6 Å². The van der Waals surface area contributed by atoms with E-state index in [2.05, 4.69) is 21.1 Å². The van der Waals surface area contributed by atoms with Crippen LogP contribution in [-0.4, -0.2) is 25.9 Å². The molecule has 0 N–H and O–H groups in total. The van der Waals surface area contributed by atoms with Crippen molar-refractivity contribution < 1.29 is 13.2 Å². The molecule has 0 aliphatic heterocycles. The van der Waals surface area contributed by atoms with Crippen molar-refractivity contribution in [2.45, 2.75) is 12.6 Å². The first-order valence-corrected chi connectivity index (χ1v) is 4.33. The predicted octanol–water partition coefficient (Wildman–Crippen LogP) is 1.57. The van der Waals surface area contributed by atoms with Crippen LogP contribution in [-0.2, 0) is 6.42 Å². The van der Waals surface area contributed by atoms with Gasteiger partial charge in [-0.3, -0.25) is 0 Å². The summed E-state index contributed by atoms with van der Waals surface area (Å²) in [6.07, 6.45) is -1.40. The molecule has 0 aliphatic rings. The molecule has 2 rings (SSSR count). The van der Waals surface area contributed by atoms with Crippen LogP contribution in [0, 0.1) is 6.07 Å². The lowest BCUT2D eigenvalue weighted by atomic mass is 10.3. The molecule has 0 aliphatic carbocycles. The Labute approximate surface area is 88.8 Å². The van der Waals surface area contributed by atoms with Crippen LogP contribution in [0.2, 0.25) is 0 Å². The number of alkyl halides is 3. The Morgan fingerprint density at radius 1 is 1.31 bits per heavy atom. The molecule has 16 heavy (non-hydrogen) atoms. The minimum atomic E-state index is -4.28. The summed E-state index contributed by atoms with van der Waals surface area (Å²) in [6, 6.07) is 3.91. The van der Waals surface area contributed by atoms with Gasteiger partial charge in [-0.1, -0.05) is 0 Å². The van der Waals surface area contributed by atoms with Crippen LogP contribution >= 0.6 is 0 Å². The maximum absolute atomic E-state index is 12.1. The smallest absolute Gasteiger partial charge is 0.241 e. The molecule has 1 radical (unpaired) electrons. The number of hydrogen-bond acceptors (Lipinski definition) is 3. The van der Waals surface area contributed by atoms with E-state index in [4.69, 9.17) is 0 Å². The first-order chi connectivity index (χ1) is 7.54. The van der Waals surface area contributed by atoms with Crippen LogP contribution in [0.3, 0.4) is 0 Å². The average Bonchev–Trinajstić information content (AvgIpc) is 2.68. The lowest BCUT2D eigenvalue weighted by molar-refractivity contribution is -0.127. The Balaban J connectivity index is 2.27. The molecular weight excluding hydrogens is 221 g/mol. The number of halogens is 3. The topological polar surface area (TPSA) is 43.6 Å². The van der Waals surface area contributed by atoms with Gasteiger partial charge < -0.3 is 0 Å². The first-order valence-electron chi connectivity index (χ1n) is 4.33. The van der Waals surface area contributed by atoms with Crippen molar-refractivity contribution in [1.29, 1.82) is 0 Å². The standard InChI is InChI=1S/C9H6F3N4/c10-9(11,12)5-7-4-8(14-6-13-7)16-3-1-2-15-16/h2-4,6H,5H2. The summed E-state index contributed by atoms with van der Waals surface area (Å²) in [4.78, 5) is 7.37. The molecule has 7 heteroatoms. The summed E-state index contributed by atoms with van der Waals surface area (Å²) < 4.78 is 37.7. The molecule has 83 valence electrons. The maximum atomic E-state index is 12.1. The van der Waals surface area contributed by atoms with Crippen molar-refractivity contribution in [3.05, 3.63) is 36.5 Å². The number of aromatic nitrogens is 4. The predicted molar refractivity (Wildman–Crippen MR) is 47.7 cm³/mol. The zero-order valence-corrected chi connectivity index (χ0v) is 7.94. The van der Waals surface area contributed by atoms with E-state index in [9.17, 15) is 13.2 Å². The number of hydrogen-bond donors (Lipinski definition) is 0. The third kappa shape index (κ3) is 2.56. The normalized spacial score (nSPS) is 11.7. The van der Waals surface area contributed by atoms with Crippen molar-refractivity contribution in [1.82, 2.24) is 19.7 Å². The van der Waals surface area contributed by atoms with Crippen LogP contribution in [0.1, 0.15) is 5.69 Å².